The predicted octanol–water partition coefficient (Wildman–Crippen LogP) is 0.535. The molecule has 2 heterocycles. The zero-order chi connectivity index (χ0) is 19.7. The van der Waals surface area contributed by atoms with Crippen LogP contribution in [0.25, 0.3) is 10.8 Å². The number of nitrogens with zero attached hydrogens (tertiary/aromatic N) is 2. The summed E-state index contributed by atoms with van der Waals surface area (Å²) in [6.45, 7) is 0.0136. The molecule has 1 unspecified atom stereocenters. The van der Waals surface area contributed by atoms with Gasteiger partial charge in [0.15, 0.2) is 17.2 Å². The van der Waals surface area contributed by atoms with E-state index in [1.807, 2.05) is 0 Å². The summed E-state index contributed by atoms with van der Waals surface area (Å²) in [5, 5.41) is 4.76. The lowest BCUT2D eigenvalue weighted by Crippen LogP contribution is -2.51. The Kier molecular flexibility index (Phi) is 4.40. The molecule has 1 aliphatic heterocycles. The first kappa shape index (κ1) is 17.5. The molecule has 0 aliphatic carbocycles. The second-order valence-electron chi connectivity index (χ2n) is 6.13. The van der Waals surface area contributed by atoms with Crippen LogP contribution in [-0.4, -0.2) is 34.3 Å². The van der Waals surface area contributed by atoms with Crippen molar-refractivity contribution < 1.29 is 19.1 Å². The van der Waals surface area contributed by atoms with E-state index in [0.29, 0.717) is 22.3 Å². The second kappa shape index (κ2) is 7.03. The lowest BCUT2D eigenvalue weighted by atomic mass is 10.1. The molecular formula is C19H16N4O5. The number of rotatable bonds is 2. The van der Waals surface area contributed by atoms with Crippen LogP contribution in [0.3, 0.4) is 0 Å². The number of hydrazine groups is 1. The van der Waals surface area contributed by atoms with E-state index in [4.69, 9.17) is 9.47 Å². The van der Waals surface area contributed by atoms with Gasteiger partial charge in [-0.15, -0.1) is 0 Å². The van der Waals surface area contributed by atoms with Crippen LogP contribution in [-0.2, 0) is 11.8 Å². The monoisotopic (exact) mass is 380 g/mol. The molecule has 0 spiro atoms. The Hall–Kier alpha value is -3.88. The Labute approximate surface area is 158 Å². The third kappa shape index (κ3) is 3.13. The van der Waals surface area contributed by atoms with Crippen LogP contribution in [0.5, 0.6) is 11.5 Å². The minimum atomic E-state index is -0.917. The number of hydrogen-bond acceptors (Lipinski definition) is 6. The van der Waals surface area contributed by atoms with Crippen molar-refractivity contribution in [1.29, 1.82) is 0 Å². The highest BCUT2D eigenvalue weighted by Crippen LogP contribution is 2.30. The lowest BCUT2D eigenvalue weighted by molar-refractivity contribution is -0.131. The molecule has 1 aliphatic rings. The number of carbonyl (C=O) groups is 2. The summed E-state index contributed by atoms with van der Waals surface area (Å²) in [5.41, 5.74) is 4.32. The van der Waals surface area contributed by atoms with Crippen LogP contribution in [0, 0.1) is 0 Å². The van der Waals surface area contributed by atoms with E-state index in [1.54, 1.807) is 48.5 Å². The Bertz CT molecular complexity index is 1140. The average molecular weight is 380 g/mol. The molecule has 2 N–H and O–H groups in total. The van der Waals surface area contributed by atoms with Crippen LogP contribution < -0.4 is 25.9 Å². The van der Waals surface area contributed by atoms with Gasteiger partial charge >= 0.3 is 0 Å². The number of fused-ring (bicyclic) bond motifs is 2. The molecule has 0 fully saturated rings. The van der Waals surface area contributed by atoms with Gasteiger partial charge in [-0.25, -0.2) is 4.68 Å². The van der Waals surface area contributed by atoms with E-state index >= 15 is 0 Å². The fourth-order valence-corrected chi connectivity index (χ4v) is 2.87. The molecular weight excluding hydrogens is 364 g/mol. The van der Waals surface area contributed by atoms with Gasteiger partial charge in [-0.2, -0.15) is 5.10 Å². The maximum Gasteiger partial charge on any atom is 0.290 e. The SMILES string of the molecule is Cn1nc(C(=O)NNC(=O)C2COc3ccccc3O2)c2ccccc2c1=O. The lowest BCUT2D eigenvalue weighted by Gasteiger charge is -2.25. The van der Waals surface area contributed by atoms with Gasteiger partial charge in [-0.1, -0.05) is 30.3 Å². The quantitative estimate of drug-likeness (QED) is 0.628. The predicted molar refractivity (Wildman–Crippen MR) is 98.9 cm³/mol. The molecule has 4 rings (SSSR count). The first-order chi connectivity index (χ1) is 13.5. The summed E-state index contributed by atoms with van der Waals surface area (Å²) >= 11 is 0. The van der Waals surface area contributed by atoms with E-state index in [0.717, 1.165) is 4.68 Å². The Morgan fingerprint density at radius 1 is 1.04 bits per heavy atom. The zero-order valence-electron chi connectivity index (χ0n) is 14.8. The highest BCUT2D eigenvalue weighted by Gasteiger charge is 2.28. The number of hydrogen-bond donors (Lipinski definition) is 2. The van der Waals surface area contributed by atoms with Crippen molar-refractivity contribution in [3.63, 3.8) is 0 Å². The van der Waals surface area contributed by atoms with E-state index in [-0.39, 0.29) is 17.9 Å². The molecule has 0 radical (unpaired) electrons. The molecule has 0 bridgehead atoms. The number of amides is 2. The van der Waals surface area contributed by atoms with Crippen molar-refractivity contribution in [3.8, 4) is 11.5 Å². The zero-order valence-corrected chi connectivity index (χ0v) is 14.8. The molecule has 9 nitrogen and oxygen atoms in total. The number of ether oxygens (including phenoxy) is 2. The summed E-state index contributed by atoms with van der Waals surface area (Å²) in [6, 6.07) is 13.6. The molecule has 1 atom stereocenters. The van der Waals surface area contributed by atoms with Crippen molar-refractivity contribution >= 4 is 22.6 Å². The smallest absolute Gasteiger partial charge is 0.290 e. The minimum Gasteiger partial charge on any atom is -0.485 e. The summed E-state index contributed by atoms with van der Waals surface area (Å²) < 4.78 is 12.2. The number of nitrogens with one attached hydrogen (secondary N) is 2. The summed E-state index contributed by atoms with van der Waals surface area (Å²) in [4.78, 5) is 37.0. The van der Waals surface area contributed by atoms with Crippen LogP contribution in [0.2, 0.25) is 0 Å². The number of aromatic nitrogens is 2. The van der Waals surface area contributed by atoms with Gasteiger partial charge in [-0.05, 0) is 18.2 Å². The van der Waals surface area contributed by atoms with Crippen molar-refractivity contribution in [2.24, 2.45) is 7.05 Å². The number of aryl methyl sites for hydroxylation is 1. The van der Waals surface area contributed by atoms with Gasteiger partial charge in [0.25, 0.3) is 17.4 Å². The molecule has 1 aromatic heterocycles. The van der Waals surface area contributed by atoms with Gasteiger partial charge in [-0.3, -0.25) is 25.2 Å². The first-order valence-corrected chi connectivity index (χ1v) is 8.49. The minimum absolute atomic E-state index is 0.0136. The number of benzene rings is 2. The highest BCUT2D eigenvalue weighted by atomic mass is 16.6. The maximum atomic E-state index is 12.5. The number of carbonyl (C=O) groups excluding carboxylic acids is 2. The molecule has 0 saturated carbocycles. The third-order valence-corrected chi connectivity index (χ3v) is 4.27. The van der Waals surface area contributed by atoms with Crippen molar-refractivity contribution in [3.05, 3.63) is 64.6 Å². The van der Waals surface area contributed by atoms with Crippen molar-refractivity contribution in [2.75, 3.05) is 6.61 Å². The van der Waals surface area contributed by atoms with Crippen LogP contribution >= 0.6 is 0 Å². The van der Waals surface area contributed by atoms with Gasteiger partial charge in [0.1, 0.15) is 6.61 Å². The largest absolute Gasteiger partial charge is 0.485 e. The van der Waals surface area contributed by atoms with Crippen molar-refractivity contribution in [1.82, 2.24) is 20.6 Å². The molecule has 9 heteroatoms. The molecule has 0 saturated heterocycles. The molecule has 2 aromatic carbocycles. The Morgan fingerprint density at radius 3 is 2.50 bits per heavy atom. The van der Waals surface area contributed by atoms with Gasteiger partial charge in [0.05, 0.1) is 5.39 Å². The van der Waals surface area contributed by atoms with Crippen LogP contribution in [0.1, 0.15) is 10.5 Å². The summed E-state index contributed by atoms with van der Waals surface area (Å²) in [5.74, 6) is -0.225. The van der Waals surface area contributed by atoms with E-state index in [9.17, 15) is 14.4 Å². The molecule has 142 valence electrons. The normalized spacial score (nSPS) is 15.1. The van der Waals surface area contributed by atoms with E-state index < -0.39 is 17.9 Å². The molecule has 28 heavy (non-hydrogen) atoms. The average Bonchev–Trinajstić information content (AvgIpc) is 2.74. The van der Waals surface area contributed by atoms with Crippen LogP contribution in [0.4, 0.5) is 0 Å². The van der Waals surface area contributed by atoms with Crippen LogP contribution in [0.15, 0.2) is 53.3 Å². The highest BCUT2D eigenvalue weighted by molar-refractivity contribution is 6.05. The summed E-state index contributed by atoms with van der Waals surface area (Å²) in [7, 11) is 1.45. The van der Waals surface area contributed by atoms with Gasteiger partial charge in [0, 0.05) is 12.4 Å². The Balaban J connectivity index is 1.48. The fourth-order valence-electron chi connectivity index (χ4n) is 2.87. The third-order valence-electron chi connectivity index (χ3n) is 4.27. The van der Waals surface area contributed by atoms with Crippen molar-refractivity contribution in [2.45, 2.75) is 6.10 Å². The Morgan fingerprint density at radius 2 is 1.71 bits per heavy atom. The molecule has 3 aromatic rings. The fraction of sp³-hybridized carbons (Fsp3) is 0.158. The number of para-hydroxylation sites is 2. The maximum absolute atomic E-state index is 12.5. The standard InChI is InChI=1S/C19H16N4O5/c1-23-19(26)12-7-3-2-6-11(12)16(22-23)18(25)21-20-17(24)15-10-27-13-8-4-5-9-14(13)28-15/h2-9,15H,10H2,1H3,(H,20,24)(H,21,25). The van der Waals surface area contributed by atoms with E-state index in [1.165, 1.54) is 7.05 Å². The van der Waals surface area contributed by atoms with Gasteiger partial charge in [0.2, 0.25) is 6.10 Å². The second-order valence-corrected chi connectivity index (χ2v) is 6.13. The summed E-state index contributed by atoms with van der Waals surface area (Å²) in [6.07, 6.45) is -0.917. The first-order valence-electron chi connectivity index (χ1n) is 8.49. The molecule has 2 amide bonds. The van der Waals surface area contributed by atoms with E-state index in [2.05, 4.69) is 16.0 Å². The topological polar surface area (TPSA) is 112 Å². The van der Waals surface area contributed by atoms with Gasteiger partial charge < -0.3 is 9.47 Å².